The highest BCUT2D eigenvalue weighted by atomic mass is 16.3. The molecular formula is C21H28N2O. The third kappa shape index (κ3) is 3.77. The fourth-order valence-electron chi connectivity index (χ4n) is 4.07. The van der Waals surface area contributed by atoms with Crippen molar-refractivity contribution in [3.8, 4) is 17.1 Å². The van der Waals surface area contributed by atoms with Gasteiger partial charge in [0, 0.05) is 5.56 Å². The summed E-state index contributed by atoms with van der Waals surface area (Å²) in [5.41, 5.74) is 2.88. The highest BCUT2D eigenvalue weighted by Gasteiger charge is 2.33. The molecule has 0 radical (unpaired) electrons. The lowest BCUT2D eigenvalue weighted by atomic mass is 9.66. The summed E-state index contributed by atoms with van der Waals surface area (Å²) < 4.78 is 0. The van der Waals surface area contributed by atoms with Gasteiger partial charge in [0.2, 0.25) is 0 Å². The molecule has 1 aromatic carbocycles. The fraction of sp³-hybridized carbons (Fsp3) is 0.524. The van der Waals surface area contributed by atoms with Crippen molar-refractivity contribution in [2.75, 3.05) is 0 Å². The van der Waals surface area contributed by atoms with Gasteiger partial charge in [0.15, 0.2) is 11.6 Å². The second-order valence-electron chi connectivity index (χ2n) is 7.14. The summed E-state index contributed by atoms with van der Waals surface area (Å²) in [4.78, 5) is 8.42. The summed E-state index contributed by atoms with van der Waals surface area (Å²) in [5.74, 6) is 0.774. The third-order valence-electron chi connectivity index (χ3n) is 5.46. The molecule has 3 rings (SSSR count). The first kappa shape index (κ1) is 16.9. The van der Waals surface area contributed by atoms with Crippen LogP contribution in [-0.2, 0) is 5.41 Å². The minimum Gasteiger partial charge on any atom is -0.505 e. The van der Waals surface area contributed by atoms with Gasteiger partial charge < -0.3 is 5.11 Å². The molecular weight excluding hydrogens is 296 g/mol. The average molecular weight is 324 g/mol. The van der Waals surface area contributed by atoms with E-state index in [1.54, 1.807) is 0 Å². The summed E-state index contributed by atoms with van der Waals surface area (Å²) in [6.07, 6.45) is 14.9. The second kappa shape index (κ2) is 7.78. The predicted molar refractivity (Wildman–Crippen MR) is 98.0 cm³/mol. The van der Waals surface area contributed by atoms with E-state index in [4.69, 9.17) is 0 Å². The molecule has 0 aliphatic heterocycles. The molecule has 0 atom stereocenters. The molecule has 1 aromatic heterocycles. The van der Waals surface area contributed by atoms with Crippen LogP contribution in [0.15, 0.2) is 36.7 Å². The number of unbranched alkanes of at least 4 members (excludes halogenated alkanes) is 2. The zero-order valence-corrected chi connectivity index (χ0v) is 14.7. The first-order valence-corrected chi connectivity index (χ1v) is 9.35. The van der Waals surface area contributed by atoms with Gasteiger partial charge in [-0.2, -0.15) is 0 Å². The fourth-order valence-corrected chi connectivity index (χ4v) is 4.07. The van der Waals surface area contributed by atoms with Crippen molar-refractivity contribution in [1.82, 2.24) is 9.97 Å². The zero-order valence-electron chi connectivity index (χ0n) is 14.7. The van der Waals surface area contributed by atoms with Crippen molar-refractivity contribution in [3.63, 3.8) is 0 Å². The summed E-state index contributed by atoms with van der Waals surface area (Å²) in [6.45, 7) is 2.28. The van der Waals surface area contributed by atoms with Crippen LogP contribution in [-0.4, -0.2) is 15.1 Å². The van der Waals surface area contributed by atoms with Crippen LogP contribution in [0, 0.1) is 0 Å². The van der Waals surface area contributed by atoms with Crippen LogP contribution in [0.3, 0.4) is 0 Å². The molecule has 1 fully saturated rings. The van der Waals surface area contributed by atoms with E-state index < -0.39 is 0 Å². The van der Waals surface area contributed by atoms with E-state index in [9.17, 15) is 5.11 Å². The maximum Gasteiger partial charge on any atom is 0.159 e. The van der Waals surface area contributed by atoms with Crippen molar-refractivity contribution in [1.29, 1.82) is 0 Å². The molecule has 2 aromatic rings. The van der Waals surface area contributed by atoms with E-state index in [1.807, 2.05) is 0 Å². The second-order valence-corrected chi connectivity index (χ2v) is 7.14. The van der Waals surface area contributed by atoms with E-state index in [0.29, 0.717) is 11.2 Å². The number of hydrogen-bond acceptors (Lipinski definition) is 3. The third-order valence-corrected chi connectivity index (χ3v) is 5.46. The Morgan fingerprint density at radius 1 is 0.958 bits per heavy atom. The van der Waals surface area contributed by atoms with Gasteiger partial charge in [-0.05, 0) is 30.2 Å². The van der Waals surface area contributed by atoms with Crippen LogP contribution in [0.2, 0.25) is 0 Å². The molecule has 0 bridgehead atoms. The maximum absolute atomic E-state index is 9.33. The molecule has 1 aliphatic carbocycles. The van der Waals surface area contributed by atoms with E-state index in [2.05, 4.69) is 41.2 Å². The minimum absolute atomic E-state index is 0.104. The lowest BCUT2D eigenvalue weighted by Crippen LogP contribution is -2.29. The number of aromatic nitrogens is 2. The molecule has 1 N–H and O–H groups in total. The zero-order chi connectivity index (χ0) is 16.8. The van der Waals surface area contributed by atoms with Crippen LogP contribution >= 0.6 is 0 Å². The Kier molecular flexibility index (Phi) is 5.49. The van der Waals surface area contributed by atoms with Crippen LogP contribution in [0.5, 0.6) is 5.75 Å². The van der Waals surface area contributed by atoms with Gasteiger partial charge in [0.05, 0.1) is 12.4 Å². The highest BCUT2D eigenvalue weighted by molar-refractivity contribution is 5.55. The van der Waals surface area contributed by atoms with Crippen LogP contribution in [0.1, 0.15) is 70.3 Å². The smallest absolute Gasteiger partial charge is 0.159 e. The molecule has 3 nitrogen and oxygen atoms in total. The van der Waals surface area contributed by atoms with Gasteiger partial charge in [-0.25, -0.2) is 9.97 Å². The Balaban J connectivity index is 1.81. The van der Waals surface area contributed by atoms with Crippen molar-refractivity contribution in [2.45, 2.75) is 70.1 Å². The Morgan fingerprint density at radius 3 is 2.25 bits per heavy atom. The largest absolute Gasteiger partial charge is 0.505 e. The Labute approximate surface area is 145 Å². The molecule has 0 saturated heterocycles. The summed E-state index contributed by atoms with van der Waals surface area (Å²) in [6, 6.07) is 8.83. The molecule has 1 saturated carbocycles. The van der Waals surface area contributed by atoms with Crippen molar-refractivity contribution < 1.29 is 5.11 Å². The lowest BCUT2D eigenvalue weighted by molar-refractivity contribution is 0.266. The van der Waals surface area contributed by atoms with Crippen LogP contribution in [0.4, 0.5) is 0 Å². The van der Waals surface area contributed by atoms with Gasteiger partial charge in [-0.3, -0.25) is 0 Å². The van der Waals surface area contributed by atoms with Crippen molar-refractivity contribution in [2.24, 2.45) is 0 Å². The molecule has 1 aliphatic rings. The molecule has 24 heavy (non-hydrogen) atoms. The standard InChI is InChI=1S/C21H28N2O/c1-2-3-5-12-21(13-6-4-7-14-21)18-10-8-17(9-11-18)20-22-15-19(24)16-23-20/h8-11,15-16,24H,2-7,12-14H2,1H3. The topological polar surface area (TPSA) is 46.0 Å². The molecule has 0 spiro atoms. The average Bonchev–Trinajstić information content (AvgIpc) is 2.64. The monoisotopic (exact) mass is 324 g/mol. The first-order valence-electron chi connectivity index (χ1n) is 9.35. The number of aromatic hydroxyl groups is 1. The van der Waals surface area contributed by atoms with E-state index in [0.717, 1.165) is 5.56 Å². The van der Waals surface area contributed by atoms with Gasteiger partial charge in [0.25, 0.3) is 0 Å². The van der Waals surface area contributed by atoms with Gasteiger partial charge in [-0.1, -0.05) is 69.7 Å². The number of nitrogens with zero attached hydrogens (tertiary/aromatic N) is 2. The van der Waals surface area contributed by atoms with Gasteiger partial charge in [0.1, 0.15) is 0 Å². The van der Waals surface area contributed by atoms with Crippen molar-refractivity contribution >= 4 is 0 Å². The predicted octanol–water partition coefficient (Wildman–Crippen LogP) is 5.63. The minimum atomic E-state index is 0.104. The molecule has 0 amide bonds. The van der Waals surface area contributed by atoms with E-state index >= 15 is 0 Å². The molecule has 0 unspecified atom stereocenters. The van der Waals surface area contributed by atoms with Crippen LogP contribution < -0.4 is 0 Å². The highest BCUT2D eigenvalue weighted by Crippen LogP contribution is 2.43. The Hall–Kier alpha value is -1.90. The normalized spacial score (nSPS) is 16.9. The lowest BCUT2D eigenvalue weighted by Gasteiger charge is -2.38. The van der Waals surface area contributed by atoms with Crippen molar-refractivity contribution in [3.05, 3.63) is 42.2 Å². The summed E-state index contributed by atoms with van der Waals surface area (Å²) >= 11 is 0. The quantitative estimate of drug-likeness (QED) is 0.700. The van der Waals surface area contributed by atoms with Gasteiger partial charge in [-0.15, -0.1) is 0 Å². The number of hydrogen-bond donors (Lipinski definition) is 1. The Morgan fingerprint density at radius 2 is 1.62 bits per heavy atom. The first-order chi connectivity index (χ1) is 11.7. The van der Waals surface area contributed by atoms with Crippen LogP contribution in [0.25, 0.3) is 11.4 Å². The van der Waals surface area contributed by atoms with E-state index in [-0.39, 0.29) is 5.75 Å². The number of benzene rings is 1. The maximum atomic E-state index is 9.33. The molecule has 1 heterocycles. The summed E-state index contributed by atoms with van der Waals surface area (Å²) in [7, 11) is 0. The molecule has 3 heteroatoms. The SMILES string of the molecule is CCCCCC1(c2ccc(-c3ncc(O)cn3)cc2)CCCCC1. The number of rotatable bonds is 6. The summed E-state index contributed by atoms with van der Waals surface area (Å²) in [5, 5.41) is 9.33. The Bertz CT molecular complexity index is 628. The molecule has 128 valence electrons. The van der Waals surface area contributed by atoms with Gasteiger partial charge >= 0.3 is 0 Å². The van der Waals surface area contributed by atoms with E-state index in [1.165, 1.54) is 75.7 Å².